The van der Waals surface area contributed by atoms with Gasteiger partial charge in [0, 0.05) is 23.6 Å². The molecule has 2 bridgehead atoms. The summed E-state index contributed by atoms with van der Waals surface area (Å²) in [4.78, 5) is 29.3. The van der Waals surface area contributed by atoms with E-state index in [9.17, 15) is 20.0 Å². The van der Waals surface area contributed by atoms with Gasteiger partial charge >= 0.3 is 0 Å². The average molecular weight is 523 g/mol. The number of aliphatic hydroxyl groups excluding tert-OH is 1. The van der Waals surface area contributed by atoms with Gasteiger partial charge in [-0.05, 0) is 61.9 Å². The highest BCUT2D eigenvalue weighted by atomic mass is 16.6. The molecule has 7 rings (SSSR count). The number of anilines is 1. The van der Waals surface area contributed by atoms with E-state index in [2.05, 4.69) is 12.1 Å². The molecule has 1 N–H and O–H groups in total. The summed E-state index contributed by atoms with van der Waals surface area (Å²) in [6.07, 6.45) is 4.20. The molecule has 3 aliphatic heterocycles. The highest BCUT2D eigenvalue weighted by molar-refractivity contribution is 6.26. The number of fused-ring (bicyclic) bond motifs is 7. The Labute approximate surface area is 226 Å². The Bertz CT molecular complexity index is 1580. The number of benzene rings is 3. The number of imide groups is 1. The first-order valence-corrected chi connectivity index (χ1v) is 13.8. The summed E-state index contributed by atoms with van der Waals surface area (Å²) in [6, 6.07) is 19.0. The number of hydrogen-bond donors (Lipinski definition) is 1. The summed E-state index contributed by atoms with van der Waals surface area (Å²) in [5.74, 6) is -1.29. The van der Waals surface area contributed by atoms with Crippen molar-refractivity contribution in [2.24, 2.45) is 11.8 Å². The molecular weight excluding hydrogens is 492 g/mol. The van der Waals surface area contributed by atoms with E-state index in [1.165, 1.54) is 22.4 Å². The van der Waals surface area contributed by atoms with Gasteiger partial charge in [0.2, 0.25) is 11.8 Å². The Kier molecular flexibility index (Phi) is 5.39. The number of carbonyl (C=O) groups is 2. The fraction of sp³-hybridized carbons (Fsp3) is 0.406. The van der Waals surface area contributed by atoms with Crippen molar-refractivity contribution in [2.45, 2.75) is 62.8 Å². The summed E-state index contributed by atoms with van der Waals surface area (Å²) >= 11 is 0. The smallest absolute Gasteiger partial charge is 0.240 e. The first kappa shape index (κ1) is 24.3. The fourth-order valence-electron chi connectivity index (χ4n) is 7.65. The molecule has 3 aromatic carbocycles. The van der Waals surface area contributed by atoms with Crippen molar-refractivity contribution in [3.05, 3.63) is 71.3 Å². The number of nitriles is 1. The minimum atomic E-state index is -1.15. The molecule has 0 spiro atoms. The van der Waals surface area contributed by atoms with Crippen LogP contribution in [0.5, 0.6) is 5.75 Å². The van der Waals surface area contributed by atoms with Crippen LogP contribution < -0.4 is 9.64 Å². The lowest BCUT2D eigenvalue weighted by Gasteiger charge is -2.33. The van der Waals surface area contributed by atoms with Gasteiger partial charge in [-0.25, -0.2) is 4.90 Å². The van der Waals surface area contributed by atoms with Crippen LogP contribution in [0.4, 0.5) is 5.69 Å². The summed E-state index contributed by atoms with van der Waals surface area (Å²) in [5, 5.41) is 22.0. The molecule has 0 aromatic heterocycles. The second kappa shape index (κ2) is 8.64. The maximum atomic E-state index is 14.1. The van der Waals surface area contributed by atoms with E-state index in [0.29, 0.717) is 35.1 Å². The predicted molar refractivity (Wildman–Crippen MR) is 144 cm³/mol. The van der Waals surface area contributed by atoms with Gasteiger partial charge in [0.25, 0.3) is 0 Å². The summed E-state index contributed by atoms with van der Waals surface area (Å²) in [6.45, 7) is 2.08. The van der Waals surface area contributed by atoms with Gasteiger partial charge in [-0.15, -0.1) is 0 Å². The monoisotopic (exact) mass is 522 g/mol. The molecule has 2 amide bonds. The zero-order chi connectivity index (χ0) is 26.9. The molecule has 3 saturated heterocycles. The molecule has 3 aromatic rings. The van der Waals surface area contributed by atoms with Crippen molar-refractivity contribution in [1.82, 2.24) is 0 Å². The fourth-order valence-corrected chi connectivity index (χ4v) is 7.65. The zero-order valence-corrected chi connectivity index (χ0v) is 21.9. The van der Waals surface area contributed by atoms with Gasteiger partial charge in [-0.2, -0.15) is 5.26 Å². The molecule has 3 heterocycles. The van der Waals surface area contributed by atoms with Gasteiger partial charge in [-0.3, -0.25) is 9.59 Å². The molecule has 7 nitrogen and oxygen atoms in total. The Morgan fingerprint density at radius 1 is 1.03 bits per heavy atom. The molecule has 7 heteroatoms. The van der Waals surface area contributed by atoms with Crippen LogP contribution >= 0.6 is 0 Å². The third-order valence-electron chi connectivity index (χ3n) is 9.51. The van der Waals surface area contributed by atoms with Gasteiger partial charge in [0.05, 0.1) is 47.5 Å². The van der Waals surface area contributed by atoms with Gasteiger partial charge in [0.15, 0.2) is 0 Å². The van der Waals surface area contributed by atoms with Gasteiger partial charge < -0.3 is 14.6 Å². The number of hydrogen-bond acceptors (Lipinski definition) is 6. The minimum Gasteiger partial charge on any atom is -0.493 e. The minimum absolute atomic E-state index is 0.280. The molecule has 4 aliphatic rings. The Morgan fingerprint density at radius 2 is 1.79 bits per heavy atom. The van der Waals surface area contributed by atoms with Crippen molar-refractivity contribution in [1.29, 1.82) is 5.26 Å². The van der Waals surface area contributed by atoms with E-state index in [4.69, 9.17) is 9.47 Å². The Morgan fingerprint density at radius 3 is 2.62 bits per heavy atom. The van der Waals surface area contributed by atoms with Crippen molar-refractivity contribution in [3.8, 4) is 11.8 Å². The van der Waals surface area contributed by atoms with Gasteiger partial charge in [-0.1, -0.05) is 36.4 Å². The van der Waals surface area contributed by atoms with Crippen molar-refractivity contribution in [2.75, 3.05) is 11.5 Å². The number of nitrogens with zero attached hydrogens (tertiary/aromatic N) is 2. The number of ether oxygens (including phenoxy) is 2. The van der Waals surface area contributed by atoms with Crippen LogP contribution in [0, 0.1) is 23.2 Å². The van der Waals surface area contributed by atoms with Crippen molar-refractivity contribution in [3.63, 3.8) is 0 Å². The van der Waals surface area contributed by atoms with Crippen LogP contribution in [0.2, 0.25) is 0 Å². The lowest BCUT2D eigenvalue weighted by molar-refractivity contribution is -0.134. The average Bonchev–Trinajstić information content (AvgIpc) is 3.49. The zero-order valence-electron chi connectivity index (χ0n) is 21.9. The summed E-state index contributed by atoms with van der Waals surface area (Å²) < 4.78 is 12.8. The lowest BCUT2D eigenvalue weighted by atomic mass is 9.66. The molecular formula is C32H30N2O5. The molecule has 3 fully saturated rings. The van der Waals surface area contributed by atoms with Crippen molar-refractivity contribution >= 4 is 28.3 Å². The number of aliphatic hydroxyl groups is 1. The van der Waals surface area contributed by atoms with E-state index < -0.39 is 29.1 Å². The maximum Gasteiger partial charge on any atom is 0.240 e. The topological polar surface area (TPSA) is 99.9 Å². The highest BCUT2D eigenvalue weighted by Crippen LogP contribution is 2.62. The van der Waals surface area contributed by atoms with Crippen LogP contribution in [-0.2, 0) is 27.2 Å². The van der Waals surface area contributed by atoms with Crippen LogP contribution in [0.25, 0.3) is 10.8 Å². The second-order valence-electron chi connectivity index (χ2n) is 11.5. The summed E-state index contributed by atoms with van der Waals surface area (Å²) in [5.41, 5.74) is 1.40. The quantitative estimate of drug-likeness (QED) is 0.497. The first-order valence-electron chi connectivity index (χ1n) is 13.8. The van der Waals surface area contributed by atoms with Crippen LogP contribution in [0.3, 0.4) is 0 Å². The highest BCUT2D eigenvalue weighted by Gasteiger charge is 2.77. The third kappa shape index (κ3) is 3.35. The molecule has 0 saturated carbocycles. The van der Waals surface area contributed by atoms with E-state index in [1.54, 1.807) is 19.1 Å². The molecule has 5 atom stereocenters. The first-order chi connectivity index (χ1) is 18.9. The number of aryl methyl sites for hydroxylation is 1. The third-order valence-corrected chi connectivity index (χ3v) is 9.51. The maximum absolute atomic E-state index is 14.1. The predicted octanol–water partition coefficient (Wildman–Crippen LogP) is 4.46. The second-order valence-corrected chi connectivity index (χ2v) is 11.5. The van der Waals surface area contributed by atoms with Crippen molar-refractivity contribution < 1.29 is 24.2 Å². The molecule has 1 aliphatic carbocycles. The lowest BCUT2D eigenvalue weighted by Crippen LogP contribution is -2.49. The number of carbonyl (C=O) groups excluding carboxylic acids is 2. The van der Waals surface area contributed by atoms with Gasteiger partial charge in [0.1, 0.15) is 11.4 Å². The SMILES string of the molecule is C[C@]12O[C@](CCOc3cccc4c3CCCC4)(CC1O)[C@H]1C(=O)N(c3ccc(C#N)c4ccccc34)C(=O)[C@H]12. The van der Waals surface area contributed by atoms with Crippen LogP contribution in [0.15, 0.2) is 54.6 Å². The van der Waals surface area contributed by atoms with E-state index >= 15 is 0 Å². The van der Waals surface area contributed by atoms with Crippen LogP contribution in [0.1, 0.15) is 49.3 Å². The number of amides is 2. The molecule has 39 heavy (non-hydrogen) atoms. The number of rotatable bonds is 5. The molecule has 1 unspecified atom stereocenters. The standard InChI is InChI=1S/C32H30N2O5/c1-31-26(35)17-32(39-31,15-16-38-25-12-6-8-19-7-2-3-10-22(19)25)28-27(31)29(36)34(30(28)37)24-14-13-20(18-33)21-9-4-5-11-23(21)24/h4-6,8-9,11-14,26-28,35H,2-3,7,10,15-17H2,1H3/t26?,27-,28+,31-,32+/m0/s1. The Balaban J connectivity index is 1.22. The largest absolute Gasteiger partial charge is 0.493 e. The van der Waals surface area contributed by atoms with E-state index in [1.807, 2.05) is 36.4 Å². The van der Waals surface area contributed by atoms with Crippen LogP contribution in [-0.4, -0.2) is 40.8 Å². The summed E-state index contributed by atoms with van der Waals surface area (Å²) in [7, 11) is 0. The van der Waals surface area contributed by atoms with E-state index in [0.717, 1.165) is 25.0 Å². The Hall–Kier alpha value is -3.73. The molecule has 0 radical (unpaired) electrons. The van der Waals surface area contributed by atoms with E-state index in [-0.39, 0.29) is 18.2 Å². The molecule has 198 valence electrons. The normalized spacial score (nSPS) is 30.9.